The van der Waals surface area contributed by atoms with E-state index in [2.05, 4.69) is 6.92 Å². The molecule has 104 valence electrons. The Labute approximate surface area is 118 Å². The molecule has 1 amide bonds. The highest BCUT2D eigenvalue weighted by molar-refractivity contribution is 6.33. The van der Waals surface area contributed by atoms with Gasteiger partial charge in [-0.1, -0.05) is 31.0 Å². The molecule has 0 aliphatic carbocycles. The predicted molar refractivity (Wildman–Crippen MR) is 76.2 cm³/mol. The molecule has 2 rings (SSSR count). The summed E-state index contributed by atoms with van der Waals surface area (Å²) in [5.74, 6) is 0. The van der Waals surface area contributed by atoms with Gasteiger partial charge in [0.2, 0.25) is 0 Å². The lowest BCUT2D eigenvalue weighted by atomic mass is 9.98. The number of nitrogens with zero attached hydrogens (tertiary/aromatic N) is 1. The van der Waals surface area contributed by atoms with Crippen LogP contribution in [0.5, 0.6) is 0 Å². The van der Waals surface area contributed by atoms with E-state index in [1.54, 1.807) is 11.0 Å². The van der Waals surface area contributed by atoms with Crippen molar-refractivity contribution in [2.24, 2.45) is 0 Å². The van der Waals surface area contributed by atoms with Crippen molar-refractivity contribution in [3.63, 3.8) is 0 Å². The molecular formula is C14H19ClN2O2. The molecule has 0 atom stereocenters. The summed E-state index contributed by atoms with van der Waals surface area (Å²) in [6.45, 7) is 3.73. The van der Waals surface area contributed by atoms with Gasteiger partial charge >= 0.3 is 6.09 Å². The molecule has 0 saturated carbocycles. The Bertz CT molecular complexity index is 477. The van der Waals surface area contributed by atoms with Gasteiger partial charge in [0.25, 0.3) is 0 Å². The molecule has 1 aliphatic rings. The lowest BCUT2D eigenvalue weighted by Crippen LogP contribution is -2.36. The van der Waals surface area contributed by atoms with Crippen molar-refractivity contribution in [3.05, 3.63) is 28.3 Å². The van der Waals surface area contributed by atoms with Crippen LogP contribution in [0.3, 0.4) is 0 Å². The Morgan fingerprint density at radius 1 is 1.53 bits per heavy atom. The molecule has 0 fully saturated rings. The van der Waals surface area contributed by atoms with E-state index in [-0.39, 0.29) is 6.09 Å². The lowest BCUT2D eigenvalue weighted by Gasteiger charge is -2.29. The van der Waals surface area contributed by atoms with Gasteiger partial charge in [0.1, 0.15) is 0 Å². The minimum atomic E-state index is -0.243. The smallest absolute Gasteiger partial charge is 0.410 e. The zero-order chi connectivity index (χ0) is 13.8. The standard InChI is InChI=1S/C14H19ClN2O2/c1-2-3-8-19-14(18)17-7-6-11-10(9-17)4-5-12(15)13(11)16/h4-5H,2-3,6-9,16H2,1H3. The number of fused-ring (bicyclic) bond motifs is 1. The number of halogens is 1. The van der Waals surface area contributed by atoms with Gasteiger partial charge in [0.15, 0.2) is 0 Å². The van der Waals surface area contributed by atoms with Crippen LogP contribution in [-0.4, -0.2) is 24.1 Å². The van der Waals surface area contributed by atoms with Gasteiger partial charge in [-0.05, 0) is 30.0 Å². The Kier molecular flexibility index (Phi) is 4.53. The number of nitrogen functional groups attached to an aromatic ring is 1. The number of amides is 1. The minimum Gasteiger partial charge on any atom is -0.449 e. The van der Waals surface area contributed by atoms with Gasteiger partial charge in [-0.2, -0.15) is 0 Å². The first-order valence-corrected chi connectivity index (χ1v) is 6.98. The van der Waals surface area contributed by atoms with Crippen LogP contribution < -0.4 is 5.73 Å². The third-order valence-electron chi connectivity index (χ3n) is 3.38. The molecule has 0 spiro atoms. The van der Waals surface area contributed by atoms with Crippen molar-refractivity contribution < 1.29 is 9.53 Å². The summed E-state index contributed by atoms with van der Waals surface area (Å²) >= 11 is 6.00. The van der Waals surface area contributed by atoms with Gasteiger partial charge in [-0.25, -0.2) is 4.79 Å². The van der Waals surface area contributed by atoms with Crippen LogP contribution in [0.15, 0.2) is 12.1 Å². The average molecular weight is 283 g/mol. The number of unbranched alkanes of at least 4 members (excludes halogenated alkanes) is 1. The largest absolute Gasteiger partial charge is 0.449 e. The van der Waals surface area contributed by atoms with Crippen LogP contribution >= 0.6 is 11.6 Å². The summed E-state index contributed by atoms with van der Waals surface area (Å²) in [5.41, 5.74) is 8.71. The molecule has 2 N–H and O–H groups in total. The summed E-state index contributed by atoms with van der Waals surface area (Å²) < 4.78 is 5.22. The van der Waals surface area contributed by atoms with Gasteiger partial charge < -0.3 is 15.4 Å². The highest BCUT2D eigenvalue weighted by Crippen LogP contribution is 2.30. The molecule has 5 heteroatoms. The first kappa shape index (κ1) is 14.0. The van der Waals surface area contributed by atoms with Crippen LogP contribution in [-0.2, 0) is 17.7 Å². The van der Waals surface area contributed by atoms with Gasteiger partial charge in [0, 0.05) is 13.1 Å². The van der Waals surface area contributed by atoms with Gasteiger partial charge in [0.05, 0.1) is 17.3 Å². The number of benzene rings is 1. The van der Waals surface area contributed by atoms with Crippen molar-refractivity contribution in [1.82, 2.24) is 4.90 Å². The van der Waals surface area contributed by atoms with E-state index in [9.17, 15) is 4.79 Å². The molecule has 1 aromatic carbocycles. The number of nitrogens with two attached hydrogens (primary N) is 1. The monoisotopic (exact) mass is 282 g/mol. The third-order valence-corrected chi connectivity index (χ3v) is 3.71. The maximum Gasteiger partial charge on any atom is 0.410 e. The summed E-state index contributed by atoms with van der Waals surface area (Å²) in [6.07, 6.45) is 2.40. The second kappa shape index (κ2) is 6.15. The molecule has 0 aromatic heterocycles. The Balaban J connectivity index is 2.02. The van der Waals surface area contributed by atoms with Crippen molar-refractivity contribution in [2.45, 2.75) is 32.7 Å². The number of carbonyl (C=O) groups excluding carboxylic acids is 1. The van der Waals surface area contributed by atoms with E-state index in [1.165, 1.54) is 0 Å². The molecular weight excluding hydrogens is 264 g/mol. The maximum atomic E-state index is 11.9. The quantitative estimate of drug-likeness (QED) is 0.684. The van der Waals surface area contributed by atoms with E-state index in [0.29, 0.717) is 30.4 Å². The summed E-state index contributed by atoms with van der Waals surface area (Å²) in [6, 6.07) is 3.71. The number of hydrogen-bond acceptors (Lipinski definition) is 3. The Morgan fingerprint density at radius 3 is 3.05 bits per heavy atom. The molecule has 1 aliphatic heterocycles. The number of rotatable bonds is 3. The van der Waals surface area contributed by atoms with Crippen molar-refractivity contribution in [1.29, 1.82) is 0 Å². The lowest BCUT2D eigenvalue weighted by molar-refractivity contribution is 0.0966. The van der Waals surface area contributed by atoms with E-state index < -0.39 is 0 Å². The van der Waals surface area contributed by atoms with Crippen LogP contribution in [0, 0.1) is 0 Å². The SMILES string of the molecule is CCCCOC(=O)N1CCc2c(ccc(Cl)c2N)C1. The number of carbonyl (C=O) groups is 1. The van der Waals surface area contributed by atoms with Crippen molar-refractivity contribution in [2.75, 3.05) is 18.9 Å². The maximum absolute atomic E-state index is 11.9. The third kappa shape index (κ3) is 3.13. The second-order valence-corrected chi connectivity index (χ2v) is 5.15. The highest BCUT2D eigenvalue weighted by atomic mass is 35.5. The fourth-order valence-corrected chi connectivity index (χ4v) is 2.38. The average Bonchev–Trinajstić information content (AvgIpc) is 2.43. The minimum absolute atomic E-state index is 0.243. The molecule has 0 unspecified atom stereocenters. The summed E-state index contributed by atoms with van der Waals surface area (Å²) in [5, 5.41) is 0.581. The highest BCUT2D eigenvalue weighted by Gasteiger charge is 2.23. The molecule has 0 radical (unpaired) electrons. The molecule has 0 bridgehead atoms. The summed E-state index contributed by atoms with van der Waals surface area (Å²) in [7, 11) is 0. The van der Waals surface area contributed by atoms with Crippen LogP contribution in [0.1, 0.15) is 30.9 Å². The zero-order valence-corrected chi connectivity index (χ0v) is 11.9. The van der Waals surface area contributed by atoms with Gasteiger partial charge in [-0.3, -0.25) is 0 Å². The number of anilines is 1. The van der Waals surface area contributed by atoms with E-state index >= 15 is 0 Å². The first-order chi connectivity index (χ1) is 9.13. The number of ether oxygens (including phenoxy) is 1. The van der Waals surface area contributed by atoms with E-state index in [1.807, 2.05) is 6.07 Å². The van der Waals surface area contributed by atoms with Crippen molar-refractivity contribution >= 4 is 23.4 Å². The van der Waals surface area contributed by atoms with Crippen molar-refractivity contribution in [3.8, 4) is 0 Å². The van der Waals surface area contributed by atoms with Crippen LogP contribution in [0.2, 0.25) is 5.02 Å². The zero-order valence-electron chi connectivity index (χ0n) is 11.1. The van der Waals surface area contributed by atoms with Gasteiger partial charge in [-0.15, -0.1) is 0 Å². The molecule has 1 heterocycles. The van der Waals surface area contributed by atoms with E-state index in [0.717, 1.165) is 30.4 Å². The molecule has 1 aromatic rings. The number of hydrogen-bond donors (Lipinski definition) is 1. The van der Waals surface area contributed by atoms with Crippen LogP contribution in [0.4, 0.5) is 10.5 Å². The Hall–Kier alpha value is -1.42. The van der Waals surface area contributed by atoms with E-state index in [4.69, 9.17) is 22.1 Å². The second-order valence-electron chi connectivity index (χ2n) is 4.74. The molecule has 19 heavy (non-hydrogen) atoms. The van der Waals surface area contributed by atoms with Crippen LogP contribution in [0.25, 0.3) is 0 Å². The normalized spacial score (nSPS) is 14.1. The molecule has 0 saturated heterocycles. The topological polar surface area (TPSA) is 55.6 Å². The fourth-order valence-electron chi connectivity index (χ4n) is 2.21. The first-order valence-electron chi connectivity index (χ1n) is 6.61. The summed E-state index contributed by atoms with van der Waals surface area (Å²) in [4.78, 5) is 13.6. The molecule has 4 nitrogen and oxygen atoms in total. The Morgan fingerprint density at radius 2 is 2.32 bits per heavy atom. The predicted octanol–water partition coefficient (Wildman–Crippen LogP) is 3.22. The fraction of sp³-hybridized carbons (Fsp3) is 0.500.